The van der Waals surface area contributed by atoms with Crippen LogP contribution in [0.4, 0.5) is 0 Å². The lowest BCUT2D eigenvalue weighted by atomic mass is 10.0. The van der Waals surface area contributed by atoms with E-state index in [4.69, 9.17) is 0 Å². The lowest BCUT2D eigenvalue weighted by Gasteiger charge is -2.28. The topological polar surface area (TPSA) is 421 Å². The number of likely N-dealkylation sites (N-methyl/N-ethyl adjacent to an activating group) is 2. The van der Waals surface area contributed by atoms with Crippen molar-refractivity contribution in [2.24, 2.45) is 5.92 Å². The van der Waals surface area contributed by atoms with Crippen molar-refractivity contribution in [3.63, 3.8) is 0 Å². The standard InChI is InChI=1S/C43H66N10O17S/c1-20(2)33(42(69)44-4)51-39(66)28(18-55)48-38(65)27(17-54)49-43(70)34(21(3)56)52-35(62)24(12-13-31(58)59)45-37(64)26(16-32(60)61)46-40(67)29(19-71)50-36(63)25(15-22-8-10-23(57)11-9-22)47-41(68)30-7-6-14-53(30)5/h8-11,20-21,24-30,33-34,54-57,71H,6-7,12-19H2,1-5H3,(H,44,69)(H,45,64)(H,46,67)(H,47,68)(H,48,65)(H,49,70)(H,50,63)(H,51,66)(H,52,62)(H,58,59)(H,60,61)/t21-,24+,25+,26+,27+,28+,29+,30?,33+,34+/m1/s1. The quantitative estimate of drug-likeness (QED) is 0.0332. The molecule has 15 N–H and O–H groups in total. The summed E-state index contributed by atoms with van der Waals surface area (Å²) in [5, 5.41) is 79.6. The Morgan fingerprint density at radius 2 is 1.11 bits per heavy atom. The molecule has 1 heterocycles. The lowest BCUT2D eigenvalue weighted by molar-refractivity contribution is -0.142. The zero-order valence-electron chi connectivity index (χ0n) is 39.8. The molecule has 0 aromatic heterocycles. The molecule has 0 spiro atoms. The number of aliphatic hydroxyl groups excluding tert-OH is 3. The minimum atomic E-state index is -2.01. The number of nitrogens with zero attached hydrogens (tertiary/aromatic N) is 1. The summed E-state index contributed by atoms with van der Waals surface area (Å²) in [6.07, 6.45) is -3.28. The molecule has 0 bridgehead atoms. The van der Waals surface area contributed by atoms with Gasteiger partial charge in [-0.2, -0.15) is 12.6 Å². The SMILES string of the molecule is CNC(=O)[C@@H](NC(=O)[C@H](CO)NC(=O)[C@H](CO)NC(=O)[C@@H](NC(=O)[C@H](CCC(=O)O)NC(=O)[C@H](CC(=O)O)NC(=O)[C@H](CS)NC(=O)[C@H](Cc1ccc(O)cc1)NC(=O)C1CCCN1C)[C@@H](C)O)C(C)C. The molecule has 0 saturated carbocycles. The van der Waals surface area contributed by atoms with E-state index in [9.17, 15) is 83.4 Å². The normalized spacial score (nSPS) is 17.2. The minimum absolute atomic E-state index is 0.0590. The van der Waals surface area contributed by atoms with Crippen molar-refractivity contribution in [2.75, 3.05) is 39.6 Å². The Morgan fingerprint density at radius 1 is 0.634 bits per heavy atom. The van der Waals surface area contributed by atoms with Crippen LogP contribution in [0.2, 0.25) is 0 Å². The molecule has 27 nitrogen and oxygen atoms in total. The van der Waals surface area contributed by atoms with Gasteiger partial charge in [-0.25, -0.2) is 0 Å². The van der Waals surface area contributed by atoms with Crippen LogP contribution in [0.15, 0.2) is 24.3 Å². The van der Waals surface area contributed by atoms with Gasteiger partial charge >= 0.3 is 11.9 Å². The average molecular weight is 1030 g/mol. The van der Waals surface area contributed by atoms with Crippen LogP contribution in [0.1, 0.15) is 58.4 Å². The fourth-order valence-electron chi connectivity index (χ4n) is 7.04. The summed E-state index contributed by atoms with van der Waals surface area (Å²) in [7, 11) is 3.07. The van der Waals surface area contributed by atoms with Crippen molar-refractivity contribution < 1.29 is 83.4 Å². The molecule has 1 saturated heterocycles. The maximum atomic E-state index is 13.7. The van der Waals surface area contributed by atoms with Crippen LogP contribution in [0, 0.1) is 5.92 Å². The number of hydrogen-bond acceptors (Lipinski definition) is 17. The predicted molar refractivity (Wildman–Crippen MR) is 251 cm³/mol. The molecule has 1 aromatic rings. The van der Waals surface area contributed by atoms with Crippen LogP contribution in [0.5, 0.6) is 5.75 Å². The maximum absolute atomic E-state index is 13.7. The molecule has 0 radical (unpaired) electrons. The summed E-state index contributed by atoms with van der Waals surface area (Å²) in [4.78, 5) is 145. The molecule has 1 fully saturated rings. The summed E-state index contributed by atoms with van der Waals surface area (Å²) >= 11 is 4.14. The summed E-state index contributed by atoms with van der Waals surface area (Å²) in [5.41, 5.74) is 0.517. The summed E-state index contributed by atoms with van der Waals surface area (Å²) in [5.74, 6) is -13.3. The van der Waals surface area contributed by atoms with Crippen molar-refractivity contribution in [1.82, 2.24) is 52.8 Å². The number of benzene rings is 1. The molecule has 0 aliphatic carbocycles. The number of carbonyl (C=O) groups excluding carboxylic acids is 9. The molecule has 1 aromatic carbocycles. The third-order valence-corrected chi connectivity index (χ3v) is 11.5. The highest BCUT2D eigenvalue weighted by molar-refractivity contribution is 7.80. The molecule has 71 heavy (non-hydrogen) atoms. The average Bonchev–Trinajstić information content (AvgIpc) is 3.75. The first-order valence-corrected chi connectivity index (χ1v) is 23.1. The fraction of sp³-hybridized carbons (Fsp3) is 0.605. The Balaban J connectivity index is 2.28. The molecule has 9 amide bonds. The largest absolute Gasteiger partial charge is 0.508 e. The molecule has 1 aliphatic rings. The zero-order chi connectivity index (χ0) is 53.7. The molecule has 28 heteroatoms. The third-order valence-electron chi connectivity index (χ3n) is 11.1. The number of aliphatic hydroxyl groups is 3. The van der Waals surface area contributed by atoms with Gasteiger partial charge in [0.2, 0.25) is 53.2 Å². The Labute approximate surface area is 413 Å². The number of carboxylic acids is 2. The lowest BCUT2D eigenvalue weighted by Crippen LogP contribution is -2.63. The van der Waals surface area contributed by atoms with Gasteiger partial charge in [-0.1, -0.05) is 26.0 Å². The van der Waals surface area contributed by atoms with E-state index in [1.165, 1.54) is 31.3 Å². The second kappa shape index (κ2) is 29.5. The Bertz CT molecular complexity index is 2060. The Morgan fingerprint density at radius 3 is 1.61 bits per heavy atom. The third kappa shape index (κ3) is 19.6. The number of amides is 9. The number of nitrogens with one attached hydrogen (secondary N) is 9. The first-order valence-electron chi connectivity index (χ1n) is 22.4. The number of rotatable bonds is 29. The van der Waals surface area contributed by atoms with E-state index in [0.717, 1.165) is 13.3 Å². The van der Waals surface area contributed by atoms with Crippen LogP contribution in [0.3, 0.4) is 0 Å². The summed E-state index contributed by atoms with van der Waals surface area (Å²) in [6.45, 7) is 2.76. The number of carboxylic acid groups (broad SMARTS) is 2. The van der Waals surface area contributed by atoms with E-state index in [1.807, 2.05) is 0 Å². The summed E-state index contributed by atoms with van der Waals surface area (Å²) in [6, 6.07) is -8.20. The van der Waals surface area contributed by atoms with Gasteiger partial charge in [-0.15, -0.1) is 0 Å². The van der Waals surface area contributed by atoms with E-state index in [1.54, 1.807) is 25.8 Å². The van der Waals surface area contributed by atoms with Crippen LogP contribution in [-0.2, 0) is 59.2 Å². The highest BCUT2D eigenvalue weighted by Gasteiger charge is 2.37. The van der Waals surface area contributed by atoms with Gasteiger partial charge in [-0.3, -0.25) is 57.6 Å². The van der Waals surface area contributed by atoms with Gasteiger partial charge in [0.05, 0.1) is 31.8 Å². The maximum Gasteiger partial charge on any atom is 0.305 e. The number of aromatic hydroxyl groups is 1. The molecular formula is C43H66N10O17S. The van der Waals surface area contributed by atoms with Gasteiger partial charge in [0.25, 0.3) is 0 Å². The number of likely N-dealkylation sites (tertiary alicyclic amines) is 1. The molecule has 2 rings (SSSR count). The van der Waals surface area contributed by atoms with E-state index in [0.29, 0.717) is 18.5 Å². The highest BCUT2D eigenvalue weighted by atomic mass is 32.1. The smallest absolute Gasteiger partial charge is 0.305 e. The van der Waals surface area contributed by atoms with Gasteiger partial charge < -0.3 is 78.5 Å². The van der Waals surface area contributed by atoms with Crippen molar-refractivity contribution in [2.45, 2.75) is 120 Å². The molecule has 1 unspecified atom stereocenters. The Hall–Kier alpha value is -6.62. The molecule has 396 valence electrons. The Kier molecular flexibility index (Phi) is 25.2. The summed E-state index contributed by atoms with van der Waals surface area (Å²) < 4.78 is 0. The highest BCUT2D eigenvalue weighted by Crippen LogP contribution is 2.17. The number of phenolic OH excluding ortho intramolecular Hbond substituents is 1. The fourth-order valence-corrected chi connectivity index (χ4v) is 7.30. The van der Waals surface area contributed by atoms with Crippen LogP contribution < -0.4 is 47.9 Å². The second-order valence-corrected chi connectivity index (χ2v) is 17.4. The minimum Gasteiger partial charge on any atom is -0.508 e. The molecular weight excluding hydrogens is 961 g/mol. The number of carbonyl (C=O) groups is 11. The first kappa shape index (κ1) is 60.5. The monoisotopic (exact) mass is 1030 g/mol. The van der Waals surface area contributed by atoms with Crippen LogP contribution in [-0.4, -0.2) is 201 Å². The van der Waals surface area contributed by atoms with Gasteiger partial charge in [0, 0.05) is 25.6 Å². The van der Waals surface area contributed by atoms with Gasteiger partial charge in [0.1, 0.15) is 54.1 Å². The van der Waals surface area contributed by atoms with E-state index in [2.05, 4.69) is 60.5 Å². The van der Waals surface area contributed by atoms with Crippen LogP contribution >= 0.6 is 12.6 Å². The van der Waals surface area contributed by atoms with Gasteiger partial charge in [-0.05, 0) is 63.4 Å². The molecule has 1 aliphatic heterocycles. The zero-order valence-corrected chi connectivity index (χ0v) is 40.7. The number of hydrogen-bond donors (Lipinski definition) is 16. The van der Waals surface area contributed by atoms with E-state index in [-0.39, 0.29) is 12.2 Å². The van der Waals surface area contributed by atoms with Crippen molar-refractivity contribution in [3.05, 3.63) is 29.8 Å². The number of aliphatic carboxylic acids is 2. The molecule has 10 atom stereocenters. The van der Waals surface area contributed by atoms with Gasteiger partial charge in [0.15, 0.2) is 0 Å². The first-order chi connectivity index (χ1) is 33.4. The van der Waals surface area contributed by atoms with Crippen LogP contribution in [0.25, 0.3) is 0 Å². The number of phenols is 1. The number of thiol groups is 1. The van der Waals surface area contributed by atoms with Crippen molar-refractivity contribution in [1.29, 1.82) is 0 Å². The van der Waals surface area contributed by atoms with E-state index >= 15 is 0 Å². The van der Waals surface area contributed by atoms with E-state index < -0.39 is 170 Å². The van der Waals surface area contributed by atoms with Crippen molar-refractivity contribution >= 4 is 77.7 Å². The second-order valence-electron chi connectivity index (χ2n) is 17.0. The predicted octanol–water partition coefficient (Wildman–Crippen LogP) is -6.06. The van der Waals surface area contributed by atoms with Crippen molar-refractivity contribution in [3.8, 4) is 5.75 Å².